The third kappa shape index (κ3) is 7.59. The molecule has 0 saturated carbocycles. The van der Waals surface area contributed by atoms with E-state index in [0.717, 1.165) is 22.3 Å². The number of rotatable bonds is 7. The van der Waals surface area contributed by atoms with E-state index in [9.17, 15) is 25.9 Å². The number of hydrogen-bond acceptors (Lipinski definition) is 4. The molecule has 0 aliphatic rings. The van der Waals surface area contributed by atoms with Gasteiger partial charge in [0.15, 0.2) is 0 Å². The third-order valence-corrected chi connectivity index (χ3v) is 7.31. The number of benzene rings is 4. The molecule has 0 aliphatic heterocycles. The van der Waals surface area contributed by atoms with Gasteiger partial charge in [0.05, 0.1) is 0 Å². The summed E-state index contributed by atoms with van der Waals surface area (Å²) in [6.45, 7) is 0. The molecule has 0 unspecified atom stereocenters. The molecule has 0 aromatic heterocycles. The van der Waals surface area contributed by atoms with E-state index in [2.05, 4.69) is 0 Å². The van der Waals surface area contributed by atoms with E-state index < -0.39 is 20.2 Å². The van der Waals surface area contributed by atoms with Crippen LogP contribution in [0.3, 0.4) is 0 Å². The molecule has 1 radical (unpaired) electrons. The predicted molar refractivity (Wildman–Crippen MR) is 148 cm³/mol. The summed E-state index contributed by atoms with van der Waals surface area (Å²) in [6, 6.07) is 27.8. The van der Waals surface area contributed by atoms with Crippen LogP contribution in [-0.2, 0) is 20.2 Å². The molecule has 0 aliphatic carbocycles. The van der Waals surface area contributed by atoms with Gasteiger partial charge >= 0.3 is 0 Å². The summed E-state index contributed by atoms with van der Waals surface area (Å²) in [4.78, 5) is -0.290. The van der Waals surface area contributed by atoms with Crippen LogP contribution in [0.5, 0.6) is 0 Å². The standard InChI is InChI=1S/C28H22O6S2.Na/c29-35(30,31)27-7-3-1-5-25(27)19-13-21-9-15-23(16-10-21)24-17-11-22(12-18-24)14-20-26-6-2-4-8-28(26)36(32,33)34;/h1-20H,(H,29,30,31)(H,32,33,34);/b19-13+,20-14+;. The molecule has 183 valence electrons. The van der Waals surface area contributed by atoms with Gasteiger partial charge in [0.2, 0.25) is 0 Å². The molecule has 0 spiro atoms. The van der Waals surface area contributed by atoms with E-state index in [1.807, 2.05) is 48.5 Å². The first-order valence-electron chi connectivity index (χ1n) is 10.8. The predicted octanol–water partition coefficient (Wildman–Crippen LogP) is 5.81. The second-order valence-electron chi connectivity index (χ2n) is 7.94. The minimum Gasteiger partial charge on any atom is -0.282 e. The van der Waals surface area contributed by atoms with Crippen molar-refractivity contribution in [2.24, 2.45) is 0 Å². The zero-order chi connectivity index (χ0) is 25.8. The summed E-state index contributed by atoms with van der Waals surface area (Å²) in [5.41, 5.74) is 4.48. The van der Waals surface area contributed by atoms with Crippen LogP contribution in [-0.4, -0.2) is 55.5 Å². The molecule has 0 atom stereocenters. The topological polar surface area (TPSA) is 109 Å². The van der Waals surface area contributed by atoms with Crippen molar-refractivity contribution in [2.75, 3.05) is 0 Å². The molecule has 0 fully saturated rings. The first kappa shape index (κ1) is 28.7. The van der Waals surface area contributed by atoms with E-state index in [-0.39, 0.29) is 39.3 Å². The molecule has 9 heteroatoms. The van der Waals surface area contributed by atoms with Crippen LogP contribution in [0.4, 0.5) is 0 Å². The Kier molecular flexibility index (Phi) is 9.44. The molecular formula is C28H22NaO6S2. The Morgan fingerprint density at radius 3 is 1.11 bits per heavy atom. The molecule has 4 aromatic carbocycles. The van der Waals surface area contributed by atoms with Crippen molar-refractivity contribution < 1.29 is 25.9 Å². The van der Waals surface area contributed by atoms with E-state index in [1.165, 1.54) is 12.1 Å². The molecule has 6 nitrogen and oxygen atoms in total. The van der Waals surface area contributed by atoms with Crippen molar-refractivity contribution in [3.05, 3.63) is 119 Å². The van der Waals surface area contributed by atoms with Gasteiger partial charge in [-0.15, -0.1) is 0 Å². The summed E-state index contributed by atoms with van der Waals surface area (Å²) in [6.07, 6.45) is 6.82. The Bertz CT molecular complexity index is 1530. The van der Waals surface area contributed by atoms with Gasteiger partial charge in [-0.05, 0) is 45.5 Å². The summed E-state index contributed by atoms with van der Waals surface area (Å²) in [5, 5.41) is 0. The molecule has 0 heterocycles. The zero-order valence-corrected chi connectivity index (χ0v) is 23.5. The Balaban J connectivity index is 0.00000380. The Morgan fingerprint density at radius 2 is 0.784 bits per heavy atom. The third-order valence-electron chi connectivity index (χ3n) is 5.46. The molecular weight excluding hydrogens is 519 g/mol. The van der Waals surface area contributed by atoms with Gasteiger partial charge < -0.3 is 0 Å². The van der Waals surface area contributed by atoms with Crippen LogP contribution >= 0.6 is 0 Å². The van der Waals surface area contributed by atoms with Crippen molar-refractivity contribution in [2.45, 2.75) is 9.79 Å². The summed E-state index contributed by atoms with van der Waals surface area (Å²) >= 11 is 0. The molecule has 37 heavy (non-hydrogen) atoms. The summed E-state index contributed by atoms with van der Waals surface area (Å²) < 4.78 is 64.9. The second-order valence-corrected chi connectivity index (χ2v) is 10.7. The van der Waals surface area contributed by atoms with Crippen LogP contribution in [0.15, 0.2) is 107 Å². The fourth-order valence-corrected chi connectivity index (χ4v) is 5.02. The molecule has 0 amide bonds. The van der Waals surface area contributed by atoms with E-state index >= 15 is 0 Å². The quantitative estimate of drug-likeness (QED) is 0.174. The maximum atomic E-state index is 11.5. The number of hydrogen-bond donors (Lipinski definition) is 2. The SMILES string of the molecule is O=S(=O)(O)c1ccccc1/C=C/c1ccc(-c2ccc(/C=C/c3ccccc3S(=O)(=O)O)cc2)cc1.[Na]. The van der Waals surface area contributed by atoms with Crippen molar-refractivity contribution in [3.63, 3.8) is 0 Å². The van der Waals surface area contributed by atoms with E-state index in [1.54, 1.807) is 60.7 Å². The Hall–Kier alpha value is -2.82. The average Bonchev–Trinajstić information content (AvgIpc) is 2.86. The first-order valence-corrected chi connectivity index (χ1v) is 13.7. The van der Waals surface area contributed by atoms with Crippen LogP contribution in [0.2, 0.25) is 0 Å². The smallest absolute Gasteiger partial charge is 0.282 e. The van der Waals surface area contributed by atoms with Gasteiger partial charge in [0, 0.05) is 29.6 Å². The van der Waals surface area contributed by atoms with Crippen LogP contribution < -0.4 is 0 Å². The normalized spacial score (nSPS) is 12.1. The van der Waals surface area contributed by atoms with Crippen LogP contribution in [0, 0.1) is 0 Å². The minimum absolute atomic E-state index is 0. The monoisotopic (exact) mass is 541 g/mol. The Morgan fingerprint density at radius 1 is 0.459 bits per heavy atom. The first-order chi connectivity index (χ1) is 17.1. The van der Waals surface area contributed by atoms with Gasteiger partial charge in [-0.2, -0.15) is 16.8 Å². The summed E-state index contributed by atoms with van der Waals surface area (Å²) in [5.74, 6) is 0. The Labute approximate surface area is 238 Å². The fourth-order valence-electron chi connectivity index (χ4n) is 3.65. The zero-order valence-electron chi connectivity index (χ0n) is 19.9. The van der Waals surface area contributed by atoms with Crippen molar-refractivity contribution in [1.82, 2.24) is 0 Å². The maximum Gasteiger partial charge on any atom is 0.295 e. The van der Waals surface area contributed by atoms with Gasteiger partial charge in [-0.3, -0.25) is 9.11 Å². The van der Waals surface area contributed by atoms with E-state index in [4.69, 9.17) is 0 Å². The molecule has 2 N–H and O–H groups in total. The molecule has 4 aromatic rings. The van der Waals surface area contributed by atoms with Gasteiger partial charge in [0.1, 0.15) is 9.79 Å². The molecule has 4 rings (SSSR count). The molecule has 0 bridgehead atoms. The van der Waals surface area contributed by atoms with Crippen molar-refractivity contribution in [1.29, 1.82) is 0 Å². The maximum absolute atomic E-state index is 11.5. The van der Waals surface area contributed by atoms with Crippen LogP contribution in [0.25, 0.3) is 35.4 Å². The van der Waals surface area contributed by atoms with Gasteiger partial charge in [-0.25, -0.2) is 0 Å². The van der Waals surface area contributed by atoms with Crippen molar-refractivity contribution in [3.8, 4) is 11.1 Å². The van der Waals surface area contributed by atoms with Crippen LogP contribution in [0.1, 0.15) is 22.3 Å². The van der Waals surface area contributed by atoms with Crippen molar-refractivity contribution >= 4 is 74.1 Å². The van der Waals surface area contributed by atoms with E-state index in [0.29, 0.717) is 11.1 Å². The van der Waals surface area contributed by atoms with Gasteiger partial charge in [0.25, 0.3) is 20.2 Å². The average molecular weight is 542 g/mol. The largest absolute Gasteiger partial charge is 0.295 e. The fraction of sp³-hybridized carbons (Fsp3) is 0. The molecule has 0 saturated heterocycles. The minimum atomic E-state index is -4.31. The summed E-state index contributed by atoms with van der Waals surface area (Å²) in [7, 11) is -8.61. The second kappa shape index (κ2) is 12.1. The van der Waals surface area contributed by atoms with Gasteiger partial charge in [-0.1, -0.05) is 109 Å².